The summed E-state index contributed by atoms with van der Waals surface area (Å²) in [5.41, 5.74) is 5.20. The van der Waals surface area contributed by atoms with E-state index in [1.807, 2.05) is 37.3 Å². The van der Waals surface area contributed by atoms with Crippen molar-refractivity contribution in [1.82, 2.24) is 4.98 Å². The first-order valence-electron chi connectivity index (χ1n) is 8.48. The number of oxazole rings is 1. The van der Waals surface area contributed by atoms with Crippen LogP contribution in [0.5, 0.6) is 0 Å². The van der Waals surface area contributed by atoms with Gasteiger partial charge in [-0.15, -0.1) is 0 Å². The lowest BCUT2D eigenvalue weighted by Gasteiger charge is -1.97. The molecule has 1 aromatic carbocycles. The average molecular weight is 324 g/mol. The minimum atomic E-state index is 0.250. The van der Waals surface area contributed by atoms with Crippen molar-refractivity contribution in [1.29, 1.82) is 5.26 Å². The second kappa shape index (κ2) is 9.51. The van der Waals surface area contributed by atoms with Crippen molar-refractivity contribution in [3.8, 4) is 6.07 Å². The Morgan fingerprint density at radius 1 is 1.21 bits per heavy atom. The predicted octanol–water partition coefficient (Wildman–Crippen LogP) is 4.81. The fraction of sp³-hybridized carbons (Fsp3) is 0.421. The number of nitrogens with one attached hydrogen (secondary N) is 1. The third kappa shape index (κ3) is 5.54. The highest BCUT2D eigenvalue weighted by atomic mass is 16.4. The molecule has 0 aliphatic carbocycles. The minimum absolute atomic E-state index is 0.250. The maximum absolute atomic E-state index is 9.16. The van der Waals surface area contributed by atoms with Crippen LogP contribution >= 0.6 is 0 Å². The van der Waals surface area contributed by atoms with Crippen LogP contribution < -0.4 is 5.43 Å². The molecule has 24 heavy (non-hydrogen) atoms. The van der Waals surface area contributed by atoms with Gasteiger partial charge in [0.1, 0.15) is 6.07 Å². The molecule has 2 rings (SSSR count). The van der Waals surface area contributed by atoms with Gasteiger partial charge in [-0.3, -0.25) is 0 Å². The lowest BCUT2D eigenvalue weighted by Crippen LogP contribution is -1.91. The van der Waals surface area contributed by atoms with Gasteiger partial charge in [0.2, 0.25) is 5.69 Å². The molecule has 2 aromatic rings. The van der Waals surface area contributed by atoms with Gasteiger partial charge in [-0.1, -0.05) is 62.4 Å². The second-order valence-corrected chi connectivity index (χ2v) is 5.84. The highest BCUT2D eigenvalue weighted by molar-refractivity contribution is 5.80. The van der Waals surface area contributed by atoms with E-state index in [0.717, 1.165) is 24.8 Å². The first kappa shape index (κ1) is 17.7. The smallest absolute Gasteiger partial charge is 0.252 e. The molecule has 0 fully saturated rings. The Balaban J connectivity index is 1.90. The lowest BCUT2D eigenvalue weighted by molar-refractivity contribution is 0.488. The van der Waals surface area contributed by atoms with Crippen molar-refractivity contribution < 1.29 is 4.42 Å². The second-order valence-electron chi connectivity index (χ2n) is 5.84. The van der Waals surface area contributed by atoms with E-state index >= 15 is 0 Å². The van der Waals surface area contributed by atoms with Crippen molar-refractivity contribution in [3.05, 3.63) is 47.0 Å². The number of nitrogens with zero attached hydrogens (tertiary/aromatic N) is 3. The zero-order valence-corrected chi connectivity index (χ0v) is 14.4. The van der Waals surface area contributed by atoms with Gasteiger partial charge in [0.25, 0.3) is 5.88 Å². The van der Waals surface area contributed by atoms with E-state index < -0.39 is 0 Å². The van der Waals surface area contributed by atoms with E-state index in [9.17, 15) is 0 Å². The Morgan fingerprint density at radius 3 is 2.67 bits per heavy atom. The molecule has 5 heteroatoms. The Labute approximate surface area is 143 Å². The molecule has 5 nitrogen and oxygen atoms in total. The van der Waals surface area contributed by atoms with Crippen molar-refractivity contribution in [3.63, 3.8) is 0 Å². The molecule has 0 saturated heterocycles. The quantitative estimate of drug-likeness (QED) is 0.408. The number of hydrogen-bond donors (Lipinski definition) is 1. The third-order valence-corrected chi connectivity index (χ3v) is 3.73. The van der Waals surface area contributed by atoms with Crippen molar-refractivity contribution in [2.75, 3.05) is 5.43 Å². The predicted molar refractivity (Wildman–Crippen MR) is 96.1 cm³/mol. The molecule has 1 N–H and O–H groups in total. The molecule has 0 atom stereocenters. The molecule has 1 heterocycles. The van der Waals surface area contributed by atoms with Gasteiger partial charge in [-0.2, -0.15) is 10.4 Å². The van der Waals surface area contributed by atoms with Gasteiger partial charge in [0.05, 0.1) is 6.21 Å². The van der Waals surface area contributed by atoms with Crippen molar-refractivity contribution in [2.45, 2.75) is 52.4 Å². The van der Waals surface area contributed by atoms with Crippen LogP contribution in [-0.2, 0) is 6.42 Å². The van der Waals surface area contributed by atoms with Gasteiger partial charge >= 0.3 is 0 Å². The fourth-order valence-electron chi connectivity index (χ4n) is 2.32. The summed E-state index contributed by atoms with van der Waals surface area (Å²) in [5.74, 6) is 0.903. The number of hydrogen-bond acceptors (Lipinski definition) is 5. The van der Waals surface area contributed by atoms with E-state index in [-0.39, 0.29) is 5.69 Å². The standard InChI is InChI=1S/C19H24N4O/c1-3-4-5-6-7-8-18-22-17(13-20)19(24-18)23-21-14-16-11-9-15(2)10-12-16/h9-12,14,23H,3-8H2,1-2H3. The Bertz CT molecular complexity index is 695. The SMILES string of the molecule is CCCCCCCc1nc(C#N)c(NN=Cc2ccc(C)cc2)o1. The number of hydrazone groups is 1. The average Bonchev–Trinajstić information content (AvgIpc) is 2.99. The number of unbranched alkanes of at least 4 members (excludes halogenated alkanes) is 4. The largest absolute Gasteiger partial charge is 0.422 e. The maximum Gasteiger partial charge on any atom is 0.252 e. The summed E-state index contributed by atoms with van der Waals surface area (Å²) in [6, 6.07) is 10.0. The van der Waals surface area contributed by atoms with Crippen LogP contribution in [0.4, 0.5) is 5.88 Å². The zero-order valence-electron chi connectivity index (χ0n) is 14.4. The molecule has 126 valence electrons. The minimum Gasteiger partial charge on any atom is -0.422 e. The molecule has 0 bridgehead atoms. The number of aromatic nitrogens is 1. The first-order valence-corrected chi connectivity index (χ1v) is 8.48. The number of nitriles is 1. The number of benzene rings is 1. The Kier molecular flexibility index (Phi) is 7.03. The van der Waals surface area contributed by atoms with E-state index in [1.54, 1.807) is 6.21 Å². The van der Waals surface area contributed by atoms with Crippen LogP contribution in [0.3, 0.4) is 0 Å². The molecule has 0 spiro atoms. The molecular formula is C19H24N4O. The third-order valence-electron chi connectivity index (χ3n) is 3.73. The van der Waals surface area contributed by atoms with Crippen LogP contribution in [0.2, 0.25) is 0 Å². The molecule has 0 radical (unpaired) electrons. The summed E-state index contributed by atoms with van der Waals surface area (Å²) in [5, 5.41) is 13.3. The molecule has 0 saturated carbocycles. The Morgan fingerprint density at radius 2 is 1.96 bits per heavy atom. The Hall–Kier alpha value is -2.61. The van der Waals surface area contributed by atoms with Gasteiger partial charge in [-0.05, 0) is 18.9 Å². The maximum atomic E-state index is 9.16. The van der Waals surface area contributed by atoms with E-state index in [4.69, 9.17) is 9.68 Å². The monoisotopic (exact) mass is 324 g/mol. The number of rotatable bonds is 9. The summed E-state index contributed by atoms with van der Waals surface area (Å²) < 4.78 is 5.61. The van der Waals surface area contributed by atoms with E-state index in [0.29, 0.717) is 11.8 Å². The number of aryl methyl sites for hydroxylation is 2. The molecule has 0 aliphatic heterocycles. The fourth-order valence-corrected chi connectivity index (χ4v) is 2.32. The number of anilines is 1. The van der Waals surface area contributed by atoms with Crippen molar-refractivity contribution >= 4 is 12.1 Å². The summed E-state index contributed by atoms with van der Waals surface area (Å²) in [6.07, 6.45) is 8.34. The highest BCUT2D eigenvalue weighted by Crippen LogP contribution is 2.18. The van der Waals surface area contributed by atoms with Crippen LogP contribution in [0.1, 0.15) is 61.7 Å². The summed E-state index contributed by atoms with van der Waals surface area (Å²) in [4.78, 5) is 4.22. The highest BCUT2D eigenvalue weighted by Gasteiger charge is 2.12. The van der Waals surface area contributed by atoms with E-state index in [1.165, 1.54) is 24.8 Å². The van der Waals surface area contributed by atoms with Gasteiger partial charge in [0.15, 0.2) is 5.89 Å². The summed E-state index contributed by atoms with van der Waals surface area (Å²) in [7, 11) is 0. The summed E-state index contributed by atoms with van der Waals surface area (Å²) in [6.45, 7) is 4.24. The van der Waals surface area contributed by atoms with Crippen LogP contribution in [-0.4, -0.2) is 11.2 Å². The van der Waals surface area contributed by atoms with Gasteiger partial charge in [-0.25, -0.2) is 10.4 Å². The molecule has 1 aromatic heterocycles. The summed E-state index contributed by atoms with van der Waals surface area (Å²) >= 11 is 0. The van der Waals surface area contributed by atoms with Crippen LogP contribution in [0, 0.1) is 18.3 Å². The molecule has 0 aliphatic rings. The molecule has 0 amide bonds. The molecular weight excluding hydrogens is 300 g/mol. The van der Waals surface area contributed by atoms with Crippen molar-refractivity contribution in [2.24, 2.45) is 5.10 Å². The van der Waals surface area contributed by atoms with Gasteiger partial charge in [0, 0.05) is 6.42 Å². The topological polar surface area (TPSA) is 74.2 Å². The van der Waals surface area contributed by atoms with Crippen LogP contribution in [0.15, 0.2) is 33.8 Å². The van der Waals surface area contributed by atoms with Gasteiger partial charge < -0.3 is 4.42 Å². The first-order chi connectivity index (χ1) is 11.7. The van der Waals surface area contributed by atoms with Crippen LogP contribution in [0.25, 0.3) is 0 Å². The lowest BCUT2D eigenvalue weighted by atomic mass is 10.1. The van der Waals surface area contributed by atoms with E-state index in [2.05, 4.69) is 22.4 Å². The molecule has 0 unspecified atom stereocenters. The zero-order chi connectivity index (χ0) is 17.2. The normalized spacial score (nSPS) is 10.9.